The first-order valence-corrected chi connectivity index (χ1v) is 5.93. The molecular formula is C15H18N2. The van der Waals surface area contributed by atoms with Crippen LogP contribution in [0, 0.1) is 23.7 Å². The summed E-state index contributed by atoms with van der Waals surface area (Å²) < 4.78 is 0. The second-order valence-electron chi connectivity index (χ2n) is 4.01. The maximum atomic E-state index is 8.88. The molecule has 0 bridgehead atoms. The number of nitrogens with one attached hydrogen (secondary N) is 1. The van der Waals surface area contributed by atoms with Crippen LogP contribution in [0.25, 0.3) is 0 Å². The van der Waals surface area contributed by atoms with Crippen molar-refractivity contribution in [2.75, 3.05) is 0 Å². The lowest BCUT2D eigenvalue weighted by atomic mass is 10.0. The van der Waals surface area contributed by atoms with Gasteiger partial charge in [0.1, 0.15) is 0 Å². The van der Waals surface area contributed by atoms with Gasteiger partial charge in [-0.2, -0.15) is 5.26 Å². The van der Waals surface area contributed by atoms with Gasteiger partial charge in [0, 0.05) is 18.5 Å². The molecule has 1 aromatic rings. The predicted molar refractivity (Wildman–Crippen MR) is 70.1 cm³/mol. The quantitative estimate of drug-likeness (QED) is 0.757. The molecule has 1 rings (SSSR count). The maximum absolute atomic E-state index is 8.88. The van der Waals surface area contributed by atoms with Crippen molar-refractivity contribution in [3.63, 3.8) is 0 Å². The Morgan fingerprint density at radius 3 is 2.53 bits per heavy atom. The Morgan fingerprint density at radius 1 is 1.29 bits per heavy atom. The van der Waals surface area contributed by atoms with Gasteiger partial charge in [-0.15, -0.1) is 12.3 Å². The molecule has 2 heteroatoms. The molecule has 0 heterocycles. The molecule has 0 aliphatic heterocycles. The summed E-state index contributed by atoms with van der Waals surface area (Å²) >= 11 is 0. The van der Waals surface area contributed by atoms with Crippen molar-refractivity contribution in [2.24, 2.45) is 0 Å². The highest BCUT2D eigenvalue weighted by molar-refractivity contribution is 5.20. The summed E-state index contributed by atoms with van der Waals surface area (Å²) in [4.78, 5) is 0. The summed E-state index contributed by atoms with van der Waals surface area (Å²) in [5, 5.41) is 12.3. The van der Waals surface area contributed by atoms with Crippen LogP contribution in [0.3, 0.4) is 0 Å². The SMILES string of the molecule is C#CCC(CC)NC(CC#N)c1ccccc1. The molecule has 1 aromatic carbocycles. The summed E-state index contributed by atoms with van der Waals surface area (Å²) in [5.74, 6) is 2.67. The average Bonchev–Trinajstić information content (AvgIpc) is 2.38. The second-order valence-corrected chi connectivity index (χ2v) is 4.01. The molecule has 0 radical (unpaired) electrons. The van der Waals surface area contributed by atoms with Gasteiger partial charge in [0.05, 0.1) is 12.5 Å². The van der Waals surface area contributed by atoms with E-state index in [-0.39, 0.29) is 12.1 Å². The van der Waals surface area contributed by atoms with Crippen LogP contribution in [0.5, 0.6) is 0 Å². The van der Waals surface area contributed by atoms with Crippen LogP contribution < -0.4 is 5.32 Å². The maximum Gasteiger partial charge on any atom is 0.0641 e. The first-order valence-electron chi connectivity index (χ1n) is 5.93. The lowest BCUT2D eigenvalue weighted by Gasteiger charge is -2.22. The summed E-state index contributed by atoms with van der Waals surface area (Å²) in [7, 11) is 0. The number of hydrogen-bond donors (Lipinski definition) is 1. The number of nitriles is 1. The van der Waals surface area contributed by atoms with Gasteiger partial charge in [-0.1, -0.05) is 37.3 Å². The van der Waals surface area contributed by atoms with Crippen molar-refractivity contribution < 1.29 is 0 Å². The van der Waals surface area contributed by atoms with Crippen LogP contribution in [0.4, 0.5) is 0 Å². The average molecular weight is 226 g/mol. The Hall–Kier alpha value is -1.77. The van der Waals surface area contributed by atoms with E-state index in [2.05, 4.69) is 24.2 Å². The molecule has 0 amide bonds. The van der Waals surface area contributed by atoms with E-state index >= 15 is 0 Å². The largest absolute Gasteiger partial charge is 0.305 e. The minimum absolute atomic E-state index is 0.0690. The molecule has 0 saturated heterocycles. The van der Waals surface area contributed by atoms with Gasteiger partial charge in [-0.3, -0.25) is 0 Å². The minimum atomic E-state index is 0.0690. The third kappa shape index (κ3) is 4.31. The minimum Gasteiger partial charge on any atom is -0.305 e. The van der Waals surface area contributed by atoms with E-state index in [0.717, 1.165) is 12.0 Å². The fourth-order valence-electron chi connectivity index (χ4n) is 1.80. The first-order chi connectivity index (χ1) is 8.31. The Bertz CT molecular complexity index is 397. The molecule has 1 N–H and O–H groups in total. The zero-order valence-corrected chi connectivity index (χ0v) is 10.2. The Morgan fingerprint density at radius 2 is 2.00 bits per heavy atom. The summed E-state index contributed by atoms with van der Waals surface area (Å²) in [5.41, 5.74) is 1.14. The number of hydrogen-bond acceptors (Lipinski definition) is 2. The highest BCUT2D eigenvalue weighted by Crippen LogP contribution is 2.17. The van der Waals surface area contributed by atoms with Gasteiger partial charge in [-0.25, -0.2) is 0 Å². The smallest absolute Gasteiger partial charge is 0.0641 e. The standard InChI is InChI=1S/C15H18N2/c1-3-8-14(4-2)17-15(11-12-16)13-9-6-5-7-10-13/h1,5-7,9-10,14-15,17H,4,8,11H2,2H3. The van der Waals surface area contributed by atoms with E-state index in [4.69, 9.17) is 11.7 Å². The first kappa shape index (κ1) is 13.3. The molecule has 2 nitrogen and oxygen atoms in total. The Kier molecular flexibility index (Phi) is 5.86. The van der Waals surface area contributed by atoms with Gasteiger partial charge in [-0.05, 0) is 12.0 Å². The highest BCUT2D eigenvalue weighted by atomic mass is 14.9. The summed E-state index contributed by atoms with van der Waals surface area (Å²) in [6.45, 7) is 2.10. The molecular weight excluding hydrogens is 208 g/mol. The molecule has 0 saturated carbocycles. The van der Waals surface area contributed by atoms with Crippen LogP contribution >= 0.6 is 0 Å². The van der Waals surface area contributed by atoms with Gasteiger partial charge >= 0.3 is 0 Å². The van der Waals surface area contributed by atoms with Crippen LogP contribution in [-0.4, -0.2) is 6.04 Å². The Labute approximate surface area is 104 Å². The highest BCUT2D eigenvalue weighted by Gasteiger charge is 2.14. The zero-order valence-electron chi connectivity index (χ0n) is 10.2. The van der Waals surface area contributed by atoms with Crippen molar-refractivity contribution in [1.82, 2.24) is 5.32 Å². The number of nitrogens with zero attached hydrogens (tertiary/aromatic N) is 1. The Balaban J connectivity index is 2.74. The molecule has 0 aliphatic carbocycles. The topological polar surface area (TPSA) is 35.8 Å². The third-order valence-corrected chi connectivity index (χ3v) is 2.79. The van der Waals surface area contributed by atoms with Crippen LogP contribution in [0.1, 0.15) is 37.8 Å². The van der Waals surface area contributed by atoms with Crippen LogP contribution in [0.15, 0.2) is 30.3 Å². The molecule has 0 fully saturated rings. The third-order valence-electron chi connectivity index (χ3n) is 2.79. The molecule has 2 unspecified atom stereocenters. The monoisotopic (exact) mass is 226 g/mol. The van der Waals surface area contributed by atoms with E-state index in [1.165, 1.54) is 0 Å². The molecule has 0 aliphatic rings. The summed E-state index contributed by atoms with van der Waals surface area (Å²) in [6, 6.07) is 12.6. The molecule has 0 spiro atoms. The van der Waals surface area contributed by atoms with Gasteiger partial charge in [0.25, 0.3) is 0 Å². The van der Waals surface area contributed by atoms with Gasteiger partial charge in [0.2, 0.25) is 0 Å². The van der Waals surface area contributed by atoms with Crippen molar-refractivity contribution >= 4 is 0 Å². The van der Waals surface area contributed by atoms with E-state index in [1.807, 2.05) is 30.3 Å². The van der Waals surface area contributed by atoms with Crippen molar-refractivity contribution in [3.05, 3.63) is 35.9 Å². The predicted octanol–water partition coefficient (Wildman–Crippen LogP) is 3.03. The number of benzene rings is 1. The molecule has 0 aromatic heterocycles. The van der Waals surface area contributed by atoms with Crippen LogP contribution in [-0.2, 0) is 0 Å². The molecule has 2 atom stereocenters. The second kappa shape index (κ2) is 7.49. The van der Waals surface area contributed by atoms with Crippen LogP contribution in [0.2, 0.25) is 0 Å². The van der Waals surface area contributed by atoms with Crippen molar-refractivity contribution in [2.45, 2.75) is 38.3 Å². The lowest BCUT2D eigenvalue weighted by molar-refractivity contribution is 0.433. The van der Waals surface area contributed by atoms with E-state index in [1.54, 1.807) is 0 Å². The van der Waals surface area contributed by atoms with Gasteiger partial charge in [0.15, 0.2) is 0 Å². The molecule has 88 valence electrons. The molecule has 17 heavy (non-hydrogen) atoms. The van der Waals surface area contributed by atoms with Crippen molar-refractivity contribution in [3.8, 4) is 18.4 Å². The lowest BCUT2D eigenvalue weighted by Crippen LogP contribution is -2.32. The number of terminal acetylenes is 1. The fraction of sp³-hybridized carbons (Fsp3) is 0.400. The zero-order chi connectivity index (χ0) is 12.5. The van der Waals surface area contributed by atoms with E-state index in [0.29, 0.717) is 12.8 Å². The fourth-order valence-corrected chi connectivity index (χ4v) is 1.80. The van der Waals surface area contributed by atoms with Crippen molar-refractivity contribution in [1.29, 1.82) is 5.26 Å². The normalized spacial score (nSPS) is 13.4. The summed E-state index contributed by atoms with van der Waals surface area (Å²) in [6.07, 6.45) is 7.47. The van der Waals surface area contributed by atoms with E-state index < -0.39 is 0 Å². The van der Waals surface area contributed by atoms with E-state index in [9.17, 15) is 0 Å². The number of rotatable bonds is 6. The van der Waals surface area contributed by atoms with Gasteiger partial charge < -0.3 is 5.32 Å².